The van der Waals surface area contributed by atoms with Crippen molar-refractivity contribution in [3.05, 3.63) is 29.8 Å². The van der Waals surface area contributed by atoms with E-state index in [4.69, 9.17) is 5.73 Å². The van der Waals surface area contributed by atoms with Crippen LogP contribution in [0.25, 0.3) is 0 Å². The van der Waals surface area contributed by atoms with Gasteiger partial charge in [-0.15, -0.1) is 0 Å². The summed E-state index contributed by atoms with van der Waals surface area (Å²) in [5.41, 5.74) is 7.25. The lowest BCUT2D eigenvalue weighted by molar-refractivity contribution is 1.14. The molecule has 1 rings (SSSR count). The molecule has 3 heteroatoms. The summed E-state index contributed by atoms with van der Waals surface area (Å²) in [6, 6.07) is 8.03. The van der Waals surface area contributed by atoms with Crippen LogP contribution in [0.1, 0.15) is 12.5 Å². The van der Waals surface area contributed by atoms with E-state index in [-0.39, 0.29) is 0 Å². The lowest BCUT2D eigenvalue weighted by Gasteiger charge is -1.95. The SMILES string of the molecule is CCc1ccc(N=CN=CN)cc1. The number of aliphatic imine (C=N–C) groups is 2. The fourth-order valence-corrected chi connectivity index (χ4v) is 0.956. The fraction of sp³-hybridized carbons (Fsp3) is 0.200. The van der Waals surface area contributed by atoms with Crippen LogP contribution < -0.4 is 5.73 Å². The molecule has 0 spiro atoms. The van der Waals surface area contributed by atoms with E-state index in [0.717, 1.165) is 12.1 Å². The Morgan fingerprint density at radius 2 is 2.00 bits per heavy atom. The second-order valence-corrected chi connectivity index (χ2v) is 2.56. The molecule has 1 aromatic rings. The molecule has 13 heavy (non-hydrogen) atoms. The molecule has 0 atom stereocenters. The Morgan fingerprint density at radius 3 is 2.54 bits per heavy atom. The van der Waals surface area contributed by atoms with E-state index in [1.807, 2.05) is 12.1 Å². The molecule has 0 aliphatic heterocycles. The third-order valence-electron chi connectivity index (χ3n) is 1.70. The van der Waals surface area contributed by atoms with Gasteiger partial charge in [-0.2, -0.15) is 0 Å². The van der Waals surface area contributed by atoms with Crippen LogP contribution in [0.15, 0.2) is 34.3 Å². The molecule has 3 nitrogen and oxygen atoms in total. The molecule has 0 aliphatic rings. The van der Waals surface area contributed by atoms with E-state index in [1.165, 1.54) is 18.2 Å². The van der Waals surface area contributed by atoms with Crippen molar-refractivity contribution in [2.75, 3.05) is 0 Å². The summed E-state index contributed by atoms with van der Waals surface area (Å²) in [6.45, 7) is 2.12. The third-order valence-corrected chi connectivity index (χ3v) is 1.70. The van der Waals surface area contributed by atoms with Crippen molar-refractivity contribution in [2.45, 2.75) is 13.3 Å². The van der Waals surface area contributed by atoms with Crippen molar-refractivity contribution >= 4 is 18.4 Å². The summed E-state index contributed by atoms with van der Waals surface area (Å²) in [6.07, 6.45) is 3.69. The first-order chi connectivity index (χ1) is 6.36. The molecular formula is C10H13N3. The Hall–Kier alpha value is -1.64. The minimum Gasteiger partial charge on any atom is -0.390 e. The minimum absolute atomic E-state index is 0.891. The number of nitrogens with zero attached hydrogens (tertiary/aromatic N) is 2. The van der Waals surface area contributed by atoms with Crippen LogP contribution in [0, 0.1) is 0 Å². The predicted octanol–water partition coefficient (Wildman–Crippen LogP) is 1.90. The Balaban J connectivity index is 2.69. The van der Waals surface area contributed by atoms with Gasteiger partial charge in [0.25, 0.3) is 0 Å². The molecule has 2 N–H and O–H groups in total. The topological polar surface area (TPSA) is 50.7 Å². The van der Waals surface area contributed by atoms with Gasteiger partial charge >= 0.3 is 0 Å². The zero-order chi connectivity index (χ0) is 9.52. The minimum atomic E-state index is 0.891. The molecule has 0 fully saturated rings. The molecule has 0 heterocycles. The standard InChI is InChI=1S/C10H13N3/c1-2-9-3-5-10(6-4-9)13-8-12-7-11/h3-8H,2H2,1H3,(H2,11,12,13). The summed E-state index contributed by atoms with van der Waals surface area (Å²) in [7, 11) is 0. The van der Waals surface area contributed by atoms with Crippen LogP contribution in [0.2, 0.25) is 0 Å². The molecular weight excluding hydrogens is 162 g/mol. The van der Waals surface area contributed by atoms with Crippen LogP contribution in [0.5, 0.6) is 0 Å². The summed E-state index contributed by atoms with van der Waals surface area (Å²) in [5.74, 6) is 0. The molecule has 0 amide bonds. The van der Waals surface area contributed by atoms with E-state index in [9.17, 15) is 0 Å². The number of rotatable bonds is 3. The van der Waals surface area contributed by atoms with Gasteiger partial charge in [-0.25, -0.2) is 9.98 Å². The zero-order valence-electron chi connectivity index (χ0n) is 7.64. The molecule has 1 aromatic carbocycles. The Kier molecular flexibility index (Phi) is 3.70. The number of aryl methyl sites for hydroxylation is 1. The van der Waals surface area contributed by atoms with E-state index >= 15 is 0 Å². The maximum atomic E-state index is 5.06. The molecule has 0 saturated carbocycles. The number of benzene rings is 1. The second kappa shape index (κ2) is 5.09. The Morgan fingerprint density at radius 1 is 1.31 bits per heavy atom. The predicted molar refractivity (Wildman–Crippen MR) is 56.7 cm³/mol. The van der Waals surface area contributed by atoms with Crippen molar-refractivity contribution in [3.8, 4) is 0 Å². The molecule has 68 valence electrons. The van der Waals surface area contributed by atoms with Crippen molar-refractivity contribution in [2.24, 2.45) is 15.7 Å². The van der Waals surface area contributed by atoms with Crippen LogP contribution in [-0.4, -0.2) is 12.7 Å². The van der Waals surface area contributed by atoms with Gasteiger partial charge in [0, 0.05) is 0 Å². The largest absolute Gasteiger partial charge is 0.390 e. The maximum absolute atomic E-state index is 5.06. The summed E-state index contributed by atoms with van der Waals surface area (Å²) in [4.78, 5) is 7.74. The van der Waals surface area contributed by atoms with E-state index in [2.05, 4.69) is 29.0 Å². The first-order valence-corrected chi connectivity index (χ1v) is 4.21. The van der Waals surface area contributed by atoms with Gasteiger partial charge in [0.1, 0.15) is 6.34 Å². The van der Waals surface area contributed by atoms with Crippen LogP contribution >= 0.6 is 0 Å². The molecule has 0 aliphatic carbocycles. The van der Waals surface area contributed by atoms with Gasteiger partial charge in [-0.3, -0.25) is 0 Å². The maximum Gasteiger partial charge on any atom is 0.117 e. The highest BCUT2D eigenvalue weighted by Crippen LogP contribution is 2.12. The smallest absolute Gasteiger partial charge is 0.117 e. The van der Waals surface area contributed by atoms with Gasteiger partial charge in [0.05, 0.1) is 12.0 Å². The average molecular weight is 175 g/mol. The van der Waals surface area contributed by atoms with Gasteiger partial charge < -0.3 is 5.73 Å². The Labute approximate surface area is 78.0 Å². The van der Waals surface area contributed by atoms with Gasteiger partial charge in [-0.05, 0) is 24.1 Å². The van der Waals surface area contributed by atoms with Gasteiger partial charge in [0.2, 0.25) is 0 Å². The monoisotopic (exact) mass is 175 g/mol. The van der Waals surface area contributed by atoms with Crippen molar-refractivity contribution in [3.63, 3.8) is 0 Å². The third kappa shape index (κ3) is 3.07. The lowest BCUT2D eigenvalue weighted by atomic mass is 10.2. The van der Waals surface area contributed by atoms with Crippen LogP contribution in [0.4, 0.5) is 5.69 Å². The number of hydrogen-bond donors (Lipinski definition) is 1. The summed E-state index contributed by atoms with van der Waals surface area (Å²) in [5, 5.41) is 0. The molecule has 0 unspecified atom stereocenters. The van der Waals surface area contributed by atoms with Crippen LogP contribution in [-0.2, 0) is 6.42 Å². The first-order valence-electron chi connectivity index (χ1n) is 4.21. The molecule has 0 radical (unpaired) electrons. The normalized spacial score (nSPS) is 11.5. The zero-order valence-corrected chi connectivity index (χ0v) is 7.64. The average Bonchev–Trinajstić information content (AvgIpc) is 2.19. The fourth-order valence-electron chi connectivity index (χ4n) is 0.956. The highest BCUT2D eigenvalue weighted by Gasteiger charge is 1.88. The molecule has 0 aromatic heterocycles. The van der Waals surface area contributed by atoms with E-state index < -0.39 is 0 Å². The molecule has 0 bridgehead atoms. The van der Waals surface area contributed by atoms with Crippen molar-refractivity contribution < 1.29 is 0 Å². The van der Waals surface area contributed by atoms with E-state index in [0.29, 0.717) is 0 Å². The Bertz CT molecular complexity index is 298. The van der Waals surface area contributed by atoms with Crippen molar-refractivity contribution in [1.82, 2.24) is 0 Å². The number of nitrogens with two attached hydrogens (primary N) is 1. The summed E-state index contributed by atoms with van der Waals surface area (Å²) < 4.78 is 0. The van der Waals surface area contributed by atoms with E-state index in [1.54, 1.807) is 0 Å². The summed E-state index contributed by atoms with van der Waals surface area (Å²) >= 11 is 0. The quantitative estimate of drug-likeness (QED) is 0.553. The number of hydrogen-bond acceptors (Lipinski definition) is 1. The van der Waals surface area contributed by atoms with Crippen LogP contribution in [0.3, 0.4) is 0 Å². The second-order valence-electron chi connectivity index (χ2n) is 2.56. The molecule has 0 saturated heterocycles. The lowest BCUT2D eigenvalue weighted by Crippen LogP contribution is -1.87. The highest BCUT2D eigenvalue weighted by atomic mass is 14.9. The highest BCUT2D eigenvalue weighted by molar-refractivity contribution is 5.72. The first kappa shape index (κ1) is 9.45. The van der Waals surface area contributed by atoms with Gasteiger partial charge in [0.15, 0.2) is 0 Å². The van der Waals surface area contributed by atoms with Crippen molar-refractivity contribution in [1.29, 1.82) is 0 Å². The van der Waals surface area contributed by atoms with Gasteiger partial charge in [-0.1, -0.05) is 19.1 Å².